The maximum atomic E-state index is 13.0. The topological polar surface area (TPSA) is 122 Å². The first-order chi connectivity index (χ1) is 13.8. The number of benzene rings is 1. The van der Waals surface area contributed by atoms with E-state index in [-0.39, 0.29) is 24.6 Å². The molecule has 1 N–H and O–H groups in total. The number of amides is 3. The third-order valence-electron chi connectivity index (χ3n) is 5.10. The van der Waals surface area contributed by atoms with Gasteiger partial charge in [0.25, 0.3) is 11.8 Å². The molecule has 0 aliphatic carbocycles. The van der Waals surface area contributed by atoms with E-state index in [0.29, 0.717) is 17.0 Å². The highest BCUT2D eigenvalue weighted by atomic mass is 16.5. The molecular weight excluding hydrogens is 380 g/mol. The van der Waals surface area contributed by atoms with Crippen LogP contribution in [0, 0.1) is 6.92 Å². The first-order valence-corrected chi connectivity index (χ1v) is 8.95. The molecule has 1 atom stereocenters. The SMILES string of the molecule is Cc1cc(NC(=O)COC(=O)[C@]23CCC(=O)N2c2ccccc2C(=O)N3C)no1. The second-order valence-electron chi connectivity index (χ2n) is 6.87. The average molecular weight is 398 g/mol. The minimum absolute atomic E-state index is 0.0747. The second kappa shape index (κ2) is 6.73. The molecule has 2 aromatic rings. The maximum absolute atomic E-state index is 13.0. The lowest BCUT2D eigenvalue weighted by atomic mass is 9.97. The Kier molecular flexibility index (Phi) is 4.33. The van der Waals surface area contributed by atoms with Crippen LogP contribution in [0.1, 0.15) is 29.0 Å². The zero-order chi connectivity index (χ0) is 20.8. The molecule has 10 heteroatoms. The van der Waals surface area contributed by atoms with Crippen molar-refractivity contribution < 1.29 is 28.4 Å². The van der Waals surface area contributed by atoms with Gasteiger partial charge in [-0.3, -0.25) is 19.3 Å². The van der Waals surface area contributed by atoms with Crippen molar-refractivity contribution in [3.63, 3.8) is 0 Å². The van der Waals surface area contributed by atoms with Crippen LogP contribution in [0.2, 0.25) is 0 Å². The first-order valence-electron chi connectivity index (χ1n) is 8.95. The van der Waals surface area contributed by atoms with Gasteiger partial charge in [-0.05, 0) is 19.1 Å². The molecule has 0 bridgehead atoms. The van der Waals surface area contributed by atoms with Gasteiger partial charge >= 0.3 is 5.97 Å². The fourth-order valence-corrected chi connectivity index (χ4v) is 3.74. The molecule has 4 rings (SSSR count). The van der Waals surface area contributed by atoms with Gasteiger partial charge in [-0.2, -0.15) is 0 Å². The van der Waals surface area contributed by atoms with E-state index in [1.165, 1.54) is 22.9 Å². The van der Waals surface area contributed by atoms with Gasteiger partial charge in [-0.1, -0.05) is 17.3 Å². The van der Waals surface area contributed by atoms with E-state index in [2.05, 4.69) is 10.5 Å². The van der Waals surface area contributed by atoms with E-state index in [1.807, 2.05) is 0 Å². The summed E-state index contributed by atoms with van der Waals surface area (Å²) in [7, 11) is 1.45. The Bertz CT molecular complexity index is 1030. The highest BCUT2D eigenvalue weighted by Crippen LogP contribution is 2.44. The number of hydrogen-bond donors (Lipinski definition) is 1. The summed E-state index contributed by atoms with van der Waals surface area (Å²) in [6.07, 6.45) is 0.150. The van der Waals surface area contributed by atoms with Crippen LogP contribution in [0.25, 0.3) is 0 Å². The van der Waals surface area contributed by atoms with Gasteiger partial charge in [0.1, 0.15) is 5.76 Å². The lowest BCUT2D eigenvalue weighted by Crippen LogP contribution is -2.67. The lowest BCUT2D eigenvalue weighted by Gasteiger charge is -2.46. The number of ether oxygens (including phenoxy) is 1. The van der Waals surface area contributed by atoms with Gasteiger partial charge in [-0.25, -0.2) is 4.79 Å². The van der Waals surface area contributed by atoms with E-state index in [1.54, 1.807) is 31.2 Å². The van der Waals surface area contributed by atoms with Crippen LogP contribution in [0.5, 0.6) is 0 Å². The molecule has 0 radical (unpaired) electrons. The van der Waals surface area contributed by atoms with Gasteiger partial charge in [0.2, 0.25) is 11.6 Å². The standard InChI is InChI=1S/C19H18N4O6/c1-11-9-14(21-29-11)20-15(24)10-28-18(27)19-8-7-16(25)23(19)13-6-4-3-5-12(13)17(26)22(19)2/h3-6,9H,7-8,10H2,1-2H3,(H,20,21,24)/t19-/m0/s1. The third-order valence-corrected chi connectivity index (χ3v) is 5.10. The Hall–Kier alpha value is -3.69. The van der Waals surface area contributed by atoms with Crippen LogP contribution in [-0.2, 0) is 19.1 Å². The van der Waals surface area contributed by atoms with Crippen LogP contribution < -0.4 is 10.2 Å². The summed E-state index contributed by atoms with van der Waals surface area (Å²) in [5.74, 6) is -1.46. The van der Waals surface area contributed by atoms with E-state index < -0.39 is 30.1 Å². The number of para-hydroxylation sites is 1. The predicted molar refractivity (Wildman–Crippen MR) is 98.8 cm³/mol. The van der Waals surface area contributed by atoms with Gasteiger partial charge < -0.3 is 19.5 Å². The molecule has 2 aliphatic rings. The molecule has 150 valence electrons. The van der Waals surface area contributed by atoms with Crippen molar-refractivity contribution in [2.45, 2.75) is 25.4 Å². The summed E-state index contributed by atoms with van der Waals surface area (Å²) in [5.41, 5.74) is -0.932. The van der Waals surface area contributed by atoms with Gasteiger partial charge in [0.05, 0.1) is 11.3 Å². The normalized spacial score (nSPS) is 20.3. The summed E-state index contributed by atoms with van der Waals surface area (Å²) in [6, 6.07) is 8.10. The molecule has 2 aliphatic heterocycles. The Morgan fingerprint density at radius 3 is 2.79 bits per heavy atom. The second-order valence-corrected chi connectivity index (χ2v) is 6.87. The largest absolute Gasteiger partial charge is 0.452 e. The number of aryl methyl sites for hydroxylation is 1. The maximum Gasteiger partial charge on any atom is 0.354 e. The number of nitrogens with one attached hydrogen (secondary N) is 1. The average Bonchev–Trinajstić information content (AvgIpc) is 3.28. The van der Waals surface area contributed by atoms with Crippen molar-refractivity contribution in [2.75, 3.05) is 23.9 Å². The lowest BCUT2D eigenvalue weighted by molar-refractivity contribution is -0.158. The summed E-state index contributed by atoms with van der Waals surface area (Å²) >= 11 is 0. The number of rotatable bonds is 4. The van der Waals surface area contributed by atoms with Crippen LogP contribution in [-0.4, -0.2) is 53.1 Å². The van der Waals surface area contributed by atoms with Crippen molar-refractivity contribution >= 4 is 35.2 Å². The summed E-state index contributed by atoms with van der Waals surface area (Å²) in [5, 5.41) is 6.07. The molecule has 3 amide bonds. The number of esters is 1. The molecule has 1 saturated heterocycles. The van der Waals surface area contributed by atoms with E-state index in [0.717, 1.165) is 0 Å². The molecule has 29 heavy (non-hydrogen) atoms. The molecule has 1 fully saturated rings. The number of carbonyl (C=O) groups is 4. The summed E-state index contributed by atoms with van der Waals surface area (Å²) in [6.45, 7) is 1.07. The highest BCUT2D eigenvalue weighted by molar-refractivity contribution is 6.15. The number of likely N-dealkylation sites (N-methyl/N-ethyl adjacent to an activating group) is 1. The fourth-order valence-electron chi connectivity index (χ4n) is 3.74. The molecule has 0 spiro atoms. The number of carbonyl (C=O) groups excluding carboxylic acids is 4. The first kappa shape index (κ1) is 18.7. The Balaban J connectivity index is 1.57. The fraction of sp³-hybridized carbons (Fsp3) is 0.316. The summed E-state index contributed by atoms with van der Waals surface area (Å²) in [4.78, 5) is 53.1. The molecule has 3 heterocycles. The van der Waals surface area contributed by atoms with Crippen LogP contribution >= 0.6 is 0 Å². The minimum Gasteiger partial charge on any atom is -0.452 e. The number of aromatic nitrogens is 1. The van der Waals surface area contributed by atoms with Crippen LogP contribution in [0.4, 0.5) is 11.5 Å². The van der Waals surface area contributed by atoms with Crippen LogP contribution in [0.3, 0.4) is 0 Å². The molecular formula is C19H18N4O6. The number of anilines is 2. The number of fused-ring (bicyclic) bond motifs is 3. The Labute approximate surface area is 165 Å². The van der Waals surface area contributed by atoms with Crippen molar-refractivity contribution in [1.29, 1.82) is 0 Å². The predicted octanol–water partition coefficient (Wildman–Crippen LogP) is 1.07. The molecule has 1 aromatic carbocycles. The van der Waals surface area contributed by atoms with Crippen LogP contribution in [0.15, 0.2) is 34.9 Å². The van der Waals surface area contributed by atoms with Gasteiger partial charge in [0.15, 0.2) is 12.4 Å². The minimum atomic E-state index is -1.62. The monoisotopic (exact) mass is 398 g/mol. The van der Waals surface area contributed by atoms with Crippen molar-refractivity contribution in [3.05, 3.63) is 41.7 Å². The quantitative estimate of drug-likeness (QED) is 0.765. The van der Waals surface area contributed by atoms with E-state index in [9.17, 15) is 19.2 Å². The number of nitrogens with zero attached hydrogens (tertiary/aromatic N) is 3. The summed E-state index contributed by atoms with van der Waals surface area (Å²) < 4.78 is 10.1. The van der Waals surface area contributed by atoms with Gasteiger partial charge in [-0.15, -0.1) is 0 Å². The highest BCUT2D eigenvalue weighted by Gasteiger charge is 2.60. The molecule has 1 aromatic heterocycles. The number of hydrogen-bond acceptors (Lipinski definition) is 7. The Morgan fingerprint density at radius 1 is 1.31 bits per heavy atom. The smallest absolute Gasteiger partial charge is 0.354 e. The zero-order valence-corrected chi connectivity index (χ0v) is 15.8. The van der Waals surface area contributed by atoms with Crippen molar-refractivity contribution in [2.24, 2.45) is 0 Å². The molecule has 0 unspecified atom stereocenters. The zero-order valence-electron chi connectivity index (χ0n) is 15.8. The van der Waals surface area contributed by atoms with E-state index >= 15 is 0 Å². The Morgan fingerprint density at radius 2 is 2.07 bits per heavy atom. The third kappa shape index (κ3) is 2.84. The molecule has 0 saturated carbocycles. The van der Waals surface area contributed by atoms with E-state index in [4.69, 9.17) is 9.26 Å². The van der Waals surface area contributed by atoms with Crippen molar-refractivity contribution in [1.82, 2.24) is 10.1 Å². The molecule has 10 nitrogen and oxygen atoms in total. The van der Waals surface area contributed by atoms with Crippen molar-refractivity contribution in [3.8, 4) is 0 Å². The van der Waals surface area contributed by atoms with Gasteiger partial charge in [0, 0.05) is 26.0 Å².